The van der Waals surface area contributed by atoms with Gasteiger partial charge >= 0.3 is 11.9 Å². The molecule has 0 aliphatic heterocycles. The molecule has 2 N–H and O–H groups in total. The Morgan fingerprint density at radius 3 is 2.42 bits per heavy atom. The molecule has 19 heavy (non-hydrogen) atoms. The molecule has 1 heterocycles. The van der Waals surface area contributed by atoms with Crippen LogP contribution in [0.25, 0.3) is 0 Å². The van der Waals surface area contributed by atoms with Gasteiger partial charge in [0.2, 0.25) is 0 Å². The van der Waals surface area contributed by atoms with Crippen LogP contribution in [0.1, 0.15) is 20.7 Å². The molecular weight excluding hydrogens is 250 g/mol. The minimum absolute atomic E-state index is 0.0413. The number of hydrogen-bond acceptors (Lipinski definition) is 4. The highest BCUT2D eigenvalue weighted by atomic mass is 16.5. The smallest absolute Gasteiger partial charge is 0.340 e. The largest absolute Gasteiger partial charge is 0.478 e. The van der Waals surface area contributed by atoms with Gasteiger partial charge in [0.25, 0.3) is 0 Å². The van der Waals surface area contributed by atoms with E-state index in [0.29, 0.717) is 5.75 Å². The molecule has 0 aliphatic rings. The van der Waals surface area contributed by atoms with Gasteiger partial charge in [-0.1, -0.05) is 6.07 Å². The number of hydrogen-bond donors (Lipinski definition) is 2. The van der Waals surface area contributed by atoms with Crippen LogP contribution in [0.15, 0.2) is 42.7 Å². The van der Waals surface area contributed by atoms with Crippen LogP contribution < -0.4 is 4.74 Å². The van der Waals surface area contributed by atoms with Gasteiger partial charge in [-0.25, -0.2) is 9.59 Å². The average molecular weight is 259 g/mol. The first kappa shape index (κ1) is 12.6. The first-order valence-electron chi connectivity index (χ1n) is 5.27. The van der Waals surface area contributed by atoms with E-state index in [9.17, 15) is 9.59 Å². The second-order valence-corrected chi connectivity index (χ2v) is 3.58. The summed E-state index contributed by atoms with van der Waals surface area (Å²) in [6.45, 7) is 0. The Hall–Kier alpha value is -2.89. The standard InChI is InChI=1S/C13H9NO5/c15-12(16)9-4-1-5-10(11(9)13(17)18)19-8-3-2-6-14-7-8/h1-7H,(H,15,16)(H,17,18). The summed E-state index contributed by atoms with van der Waals surface area (Å²) in [5, 5.41) is 18.1. The first-order chi connectivity index (χ1) is 9.09. The van der Waals surface area contributed by atoms with Crippen molar-refractivity contribution in [3.8, 4) is 11.5 Å². The van der Waals surface area contributed by atoms with Crippen molar-refractivity contribution < 1.29 is 24.5 Å². The summed E-state index contributed by atoms with van der Waals surface area (Å²) in [6, 6.07) is 7.23. The number of pyridine rings is 1. The molecule has 0 saturated heterocycles. The van der Waals surface area contributed by atoms with Gasteiger partial charge in [-0.3, -0.25) is 4.98 Å². The number of aromatic nitrogens is 1. The molecule has 0 spiro atoms. The molecule has 1 aromatic heterocycles. The van der Waals surface area contributed by atoms with E-state index in [1.54, 1.807) is 18.3 Å². The molecule has 6 heteroatoms. The molecule has 0 bridgehead atoms. The average Bonchev–Trinajstić information content (AvgIpc) is 2.39. The molecule has 0 radical (unpaired) electrons. The Morgan fingerprint density at radius 1 is 1.05 bits per heavy atom. The summed E-state index contributed by atoms with van der Waals surface area (Å²) < 4.78 is 5.35. The fraction of sp³-hybridized carbons (Fsp3) is 0. The number of rotatable bonds is 4. The van der Waals surface area contributed by atoms with Crippen molar-refractivity contribution in [3.05, 3.63) is 53.9 Å². The van der Waals surface area contributed by atoms with E-state index in [0.717, 1.165) is 0 Å². The van der Waals surface area contributed by atoms with Gasteiger partial charge in [0.15, 0.2) is 0 Å². The van der Waals surface area contributed by atoms with Crippen LogP contribution in [0.5, 0.6) is 11.5 Å². The molecular formula is C13H9NO5. The Morgan fingerprint density at radius 2 is 1.84 bits per heavy atom. The predicted molar refractivity (Wildman–Crippen MR) is 64.7 cm³/mol. The van der Waals surface area contributed by atoms with Gasteiger partial charge in [-0.15, -0.1) is 0 Å². The van der Waals surface area contributed by atoms with E-state index in [-0.39, 0.29) is 16.9 Å². The van der Waals surface area contributed by atoms with Crippen LogP contribution in [0.3, 0.4) is 0 Å². The summed E-state index contributed by atoms with van der Waals surface area (Å²) in [5.41, 5.74) is -0.715. The van der Waals surface area contributed by atoms with Crippen molar-refractivity contribution in [1.29, 1.82) is 0 Å². The van der Waals surface area contributed by atoms with Crippen LogP contribution in [0.4, 0.5) is 0 Å². The lowest BCUT2D eigenvalue weighted by molar-refractivity contribution is 0.0649. The normalized spacial score (nSPS) is 9.89. The SMILES string of the molecule is O=C(O)c1cccc(Oc2cccnc2)c1C(=O)O. The third-order valence-corrected chi connectivity index (χ3v) is 2.33. The first-order valence-corrected chi connectivity index (χ1v) is 5.27. The zero-order valence-corrected chi connectivity index (χ0v) is 9.61. The van der Waals surface area contributed by atoms with Crippen molar-refractivity contribution in [2.24, 2.45) is 0 Å². The zero-order chi connectivity index (χ0) is 13.8. The van der Waals surface area contributed by atoms with Gasteiger partial charge in [0.1, 0.15) is 17.1 Å². The second kappa shape index (κ2) is 5.18. The quantitative estimate of drug-likeness (QED) is 0.874. The summed E-state index contributed by atoms with van der Waals surface area (Å²) in [5.74, 6) is -2.40. The third-order valence-electron chi connectivity index (χ3n) is 2.33. The summed E-state index contributed by atoms with van der Waals surface area (Å²) in [7, 11) is 0. The number of nitrogens with zero attached hydrogens (tertiary/aromatic N) is 1. The third kappa shape index (κ3) is 2.68. The molecule has 96 valence electrons. The molecule has 0 aliphatic carbocycles. The Bertz CT molecular complexity index is 624. The fourth-order valence-electron chi connectivity index (χ4n) is 1.55. The highest BCUT2D eigenvalue weighted by molar-refractivity contribution is 6.03. The number of carboxylic acid groups (broad SMARTS) is 2. The maximum Gasteiger partial charge on any atom is 0.340 e. The van der Waals surface area contributed by atoms with Crippen molar-refractivity contribution in [2.45, 2.75) is 0 Å². The molecule has 1 aromatic carbocycles. The van der Waals surface area contributed by atoms with Crippen molar-refractivity contribution in [3.63, 3.8) is 0 Å². The maximum atomic E-state index is 11.2. The molecule has 2 rings (SSSR count). The summed E-state index contributed by atoms with van der Waals surface area (Å²) >= 11 is 0. The number of carbonyl (C=O) groups is 2. The van der Waals surface area contributed by atoms with Crippen LogP contribution in [0.2, 0.25) is 0 Å². The van der Waals surface area contributed by atoms with E-state index in [1.165, 1.54) is 24.4 Å². The van der Waals surface area contributed by atoms with Gasteiger partial charge < -0.3 is 14.9 Å². The van der Waals surface area contributed by atoms with Crippen LogP contribution in [0, 0.1) is 0 Å². The molecule has 2 aromatic rings. The fourth-order valence-corrected chi connectivity index (χ4v) is 1.55. The monoisotopic (exact) mass is 259 g/mol. The maximum absolute atomic E-state index is 11.2. The van der Waals surface area contributed by atoms with Gasteiger partial charge in [-0.2, -0.15) is 0 Å². The lowest BCUT2D eigenvalue weighted by Crippen LogP contribution is -2.09. The predicted octanol–water partition coefficient (Wildman–Crippen LogP) is 2.27. The van der Waals surface area contributed by atoms with Crippen molar-refractivity contribution in [2.75, 3.05) is 0 Å². The van der Waals surface area contributed by atoms with E-state index in [2.05, 4.69) is 4.98 Å². The number of benzene rings is 1. The van der Waals surface area contributed by atoms with Crippen molar-refractivity contribution >= 4 is 11.9 Å². The topological polar surface area (TPSA) is 96.7 Å². The van der Waals surface area contributed by atoms with Crippen LogP contribution in [-0.4, -0.2) is 27.1 Å². The van der Waals surface area contributed by atoms with Crippen LogP contribution in [-0.2, 0) is 0 Å². The van der Waals surface area contributed by atoms with Gasteiger partial charge in [-0.05, 0) is 24.3 Å². The summed E-state index contributed by atoms with van der Waals surface area (Å²) in [4.78, 5) is 26.0. The highest BCUT2D eigenvalue weighted by Crippen LogP contribution is 2.27. The van der Waals surface area contributed by atoms with Gasteiger partial charge in [0, 0.05) is 6.20 Å². The number of carboxylic acids is 2. The minimum atomic E-state index is -1.36. The minimum Gasteiger partial charge on any atom is -0.478 e. The van der Waals surface area contributed by atoms with Gasteiger partial charge in [0.05, 0.1) is 11.8 Å². The van der Waals surface area contributed by atoms with E-state index in [4.69, 9.17) is 14.9 Å². The molecule has 0 unspecified atom stereocenters. The van der Waals surface area contributed by atoms with Crippen LogP contribution >= 0.6 is 0 Å². The van der Waals surface area contributed by atoms with E-state index >= 15 is 0 Å². The van der Waals surface area contributed by atoms with E-state index in [1.807, 2.05) is 0 Å². The number of aromatic carboxylic acids is 2. The Balaban J connectivity index is 2.48. The zero-order valence-electron chi connectivity index (χ0n) is 9.61. The molecule has 6 nitrogen and oxygen atoms in total. The highest BCUT2D eigenvalue weighted by Gasteiger charge is 2.21. The molecule has 0 saturated carbocycles. The second-order valence-electron chi connectivity index (χ2n) is 3.58. The van der Waals surface area contributed by atoms with Crippen molar-refractivity contribution in [1.82, 2.24) is 4.98 Å². The van der Waals surface area contributed by atoms with E-state index < -0.39 is 11.9 Å². The molecule has 0 fully saturated rings. The Kier molecular flexibility index (Phi) is 3.42. The molecule has 0 atom stereocenters. The lowest BCUT2D eigenvalue weighted by atomic mass is 10.1. The Labute approximate surface area is 107 Å². The summed E-state index contributed by atoms with van der Waals surface area (Å²) in [6.07, 6.45) is 2.94. The number of ether oxygens (including phenoxy) is 1. The lowest BCUT2D eigenvalue weighted by Gasteiger charge is -2.10. The molecule has 0 amide bonds.